The van der Waals surface area contributed by atoms with Gasteiger partial charge in [0.25, 0.3) is 0 Å². The van der Waals surface area contributed by atoms with E-state index in [0.29, 0.717) is 17.8 Å². The van der Waals surface area contributed by atoms with Crippen LogP contribution in [0.1, 0.15) is 19.3 Å². The van der Waals surface area contributed by atoms with E-state index < -0.39 is 0 Å². The van der Waals surface area contributed by atoms with Crippen LogP contribution in [0, 0.1) is 0 Å². The van der Waals surface area contributed by atoms with Crippen molar-refractivity contribution in [1.29, 1.82) is 0 Å². The average molecular weight is 397 g/mol. The minimum Gasteiger partial charge on any atom is -0.341 e. The molecular formula is C23H23N7. The lowest BCUT2D eigenvalue weighted by atomic mass is 10.1. The minimum absolute atomic E-state index is 0.565. The van der Waals surface area contributed by atoms with Gasteiger partial charge in [0.1, 0.15) is 6.33 Å². The normalized spacial score (nSPS) is 13.9. The molecule has 0 saturated carbocycles. The summed E-state index contributed by atoms with van der Waals surface area (Å²) in [5, 5.41) is 0. The SMILES string of the molecule is c1ccc(N(c2ccccc2)c2nc(N3CCCCC3)nc(-n3ccnc3)n2)cc1. The maximum Gasteiger partial charge on any atom is 0.241 e. The number of rotatable bonds is 5. The van der Waals surface area contributed by atoms with Crippen LogP contribution in [-0.2, 0) is 0 Å². The van der Waals surface area contributed by atoms with Crippen LogP contribution in [0.15, 0.2) is 79.4 Å². The van der Waals surface area contributed by atoms with Gasteiger partial charge in [-0.1, -0.05) is 36.4 Å². The smallest absolute Gasteiger partial charge is 0.241 e. The summed E-state index contributed by atoms with van der Waals surface area (Å²) >= 11 is 0. The van der Waals surface area contributed by atoms with Gasteiger partial charge in [0.15, 0.2) is 0 Å². The van der Waals surface area contributed by atoms with E-state index in [-0.39, 0.29) is 0 Å². The van der Waals surface area contributed by atoms with Gasteiger partial charge in [0.05, 0.1) is 0 Å². The first-order valence-corrected chi connectivity index (χ1v) is 10.3. The van der Waals surface area contributed by atoms with E-state index >= 15 is 0 Å². The Morgan fingerprint density at radius 3 is 1.93 bits per heavy atom. The van der Waals surface area contributed by atoms with Crippen molar-refractivity contribution in [1.82, 2.24) is 24.5 Å². The summed E-state index contributed by atoms with van der Waals surface area (Å²) in [7, 11) is 0. The first-order chi connectivity index (χ1) is 14.9. The lowest BCUT2D eigenvalue weighted by molar-refractivity contribution is 0.566. The van der Waals surface area contributed by atoms with E-state index in [2.05, 4.69) is 39.0 Å². The van der Waals surface area contributed by atoms with Crippen molar-refractivity contribution in [2.75, 3.05) is 22.9 Å². The molecule has 30 heavy (non-hydrogen) atoms. The van der Waals surface area contributed by atoms with Crippen LogP contribution in [0.5, 0.6) is 0 Å². The first kappa shape index (κ1) is 18.3. The van der Waals surface area contributed by atoms with E-state index in [1.807, 2.05) is 47.2 Å². The van der Waals surface area contributed by atoms with Crippen LogP contribution in [0.3, 0.4) is 0 Å². The van der Waals surface area contributed by atoms with Crippen LogP contribution in [0.4, 0.5) is 23.3 Å². The predicted molar refractivity (Wildman–Crippen MR) is 118 cm³/mol. The average Bonchev–Trinajstić information content (AvgIpc) is 3.36. The largest absolute Gasteiger partial charge is 0.341 e. The van der Waals surface area contributed by atoms with E-state index in [1.165, 1.54) is 6.42 Å². The number of aromatic nitrogens is 5. The van der Waals surface area contributed by atoms with E-state index in [1.54, 1.807) is 12.5 Å². The van der Waals surface area contributed by atoms with Crippen LogP contribution in [0.2, 0.25) is 0 Å². The fourth-order valence-electron chi connectivity index (χ4n) is 3.71. The highest BCUT2D eigenvalue weighted by molar-refractivity contribution is 5.73. The van der Waals surface area contributed by atoms with Gasteiger partial charge >= 0.3 is 0 Å². The number of nitrogens with zero attached hydrogens (tertiary/aromatic N) is 7. The zero-order valence-electron chi connectivity index (χ0n) is 16.7. The molecule has 3 heterocycles. The van der Waals surface area contributed by atoms with Gasteiger partial charge < -0.3 is 4.90 Å². The Balaban J connectivity index is 1.67. The first-order valence-electron chi connectivity index (χ1n) is 10.3. The number of imidazole rings is 1. The molecule has 0 radical (unpaired) electrons. The highest BCUT2D eigenvalue weighted by Gasteiger charge is 2.21. The van der Waals surface area contributed by atoms with E-state index in [0.717, 1.165) is 37.3 Å². The second-order valence-corrected chi connectivity index (χ2v) is 7.26. The summed E-state index contributed by atoms with van der Waals surface area (Å²) in [6.45, 7) is 1.92. The fourth-order valence-corrected chi connectivity index (χ4v) is 3.71. The third-order valence-corrected chi connectivity index (χ3v) is 5.20. The van der Waals surface area contributed by atoms with Gasteiger partial charge in [-0.05, 0) is 43.5 Å². The quantitative estimate of drug-likeness (QED) is 0.493. The Kier molecular flexibility index (Phi) is 5.08. The molecule has 0 amide bonds. The summed E-state index contributed by atoms with van der Waals surface area (Å²) in [5.41, 5.74) is 1.99. The molecule has 5 rings (SSSR count). The summed E-state index contributed by atoms with van der Waals surface area (Å²) in [6.07, 6.45) is 8.87. The molecule has 0 N–H and O–H groups in total. The maximum absolute atomic E-state index is 4.92. The molecule has 0 atom stereocenters. The summed E-state index contributed by atoms with van der Waals surface area (Å²) in [6, 6.07) is 20.4. The lowest BCUT2D eigenvalue weighted by Crippen LogP contribution is -2.32. The fraction of sp³-hybridized carbons (Fsp3) is 0.217. The zero-order valence-corrected chi connectivity index (χ0v) is 16.7. The molecule has 1 aliphatic heterocycles. The standard InChI is InChI=1S/C23H23N7/c1-4-10-19(11-5-1)30(20-12-6-2-7-13-20)23-26-21(28-15-8-3-9-16-28)25-22(27-23)29-17-14-24-18-29/h1-2,4-7,10-14,17-18H,3,8-9,15-16H2. The lowest BCUT2D eigenvalue weighted by Gasteiger charge is -2.29. The summed E-state index contributed by atoms with van der Waals surface area (Å²) < 4.78 is 1.83. The molecule has 0 spiro atoms. The Morgan fingerprint density at radius 1 is 0.700 bits per heavy atom. The Morgan fingerprint density at radius 2 is 1.33 bits per heavy atom. The topological polar surface area (TPSA) is 63.0 Å². The number of para-hydroxylation sites is 2. The summed E-state index contributed by atoms with van der Waals surface area (Å²) in [5.74, 6) is 1.86. The molecule has 1 fully saturated rings. The van der Waals surface area contributed by atoms with Gasteiger partial charge in [-0.3, -0.25) is 9.47 Å². The van der Waals surface area contributed by atoms with Gasteiger partial charge in [-0.2, -0.15) is 15.0 Å². The van der Waals surface area contributed by atoms with Crippen LogP contribution in [-0.4, -0.2) is 37.6 Å². The number of hydrogen-bond donors (Lipinski definition) is 0. The van der Waals surface area contributed by atoms with Crippen molar-refractivity contribution >= 4 is 23.3 Å². The maximum atomic E-state index is 4.92. The third kappa shape index (κ3) is 3.74. The van der Waals surface area contributed by atoms with Gasteiger partial charge in [-0.15, -0.1) is 0 Å². The second kappa shape index (κ2) is 8.32. The van der Waals surface area contributed by atoms with Crippen molar-refractivity contribution < 1.29 is 0 Å². The second-order valence-electron chi connectivity index (χ2n) is 7.26. The molecule has 0 unspecified atom stereocenters. The molecule has 0 aliphatic carbocycles. The summed E-state index contributed by atoms with van der Waals surface area (Å²) in [4.78, 5) is 23.0. The number of anilines is 4. The van der Waals surface area contributed by atoms with Crippen LogP contribution >= 0.6 is 0 Å². The number of benzene rings is 2. The van der Waals surface area contributed by atoms with Crippen LogP contribution in [0.25, 0.3) is 5.95 Å². The molecular weight excluding hydrogens is 374 g/mol. The highest BCUT2D eigenvalue weighted by Crippen LogP contribution is 2.33. The van der Waals surface area contributed by atoms with E-state index in [9.17, 15) is 0 Å². The predicted octanol–water partition coefficient (Wildman–Crippen LogP) is 4.52. The third-order valence-electron chi connectivity index (χ3n) is 5.20. The molecule has 7 heteroatoms. The van der Waals surface area contributed by atoms with Gasteiger partial charge in [0, 0.05) is 36.9 Å². The zero-order chi connectivity index (χ0) is 20.2. The molecule has 150 valence electrons. The highest BCUT2D eigenvalue weighted by atomic mass is 15.4. The molecule has 7 nitrogen and oxygen atoms in total. The monoisotopic (exact) mass is 397 g/mol. The minimum atomic E-state index is 0.565. The van der Waals surface area contributed by atoms with Gasteiger partial charge in [-0.25, -0.2) is 4.98 Å². The molecule has 1 aliphatic rings. The number of piperidine rings is 1. The molecule has 4 aromatic rings. The molecule has 2 aromatic carbocycles. The van der Waals surface area contributed by atoms with E-state index in [4.69, 9.17) is 15.0 Å². The van der Waals surface area contributed by atoms with Crippen LogP contribution < -0.4 is 9.80 Å². The van der Waals surface area contributed by atoms with Crippen molar-refractivity contribution in [2.24, 2.45) is 0 Å². The Bertz CT molecular complexity index is 1040. The van der Waals surface area contributed by atoms with Crippen molar-refractivity contribution in [2.45, 2.75) is 19.3 Å². The van der Waals surface area contributed by atoms with Gasteiger partial charge in [0.2, 0.25) is 17.8 Å². The molecule has 0 bridgehead atoms. The van der Waals surface area contributed by atoms with Crippen molar-refractivity contribution in [3.05, 3.63) is 79.4 Å². The molecule has 2 aromatic heterocycles. The molecule has 1 saturated heterocycles. The van der Waals surface area contributed by atoms with Crippen molar-refractivity contribution in [3.8, 4) is 5.95 Å². The Hall–Kier alpha value is -3.74. The Labute approximate surface area is 175 Å². The van der Waals surface area contributed by atoms with Crippen molar-refractivity contribution in [3.63, 3.8) is 0 Å². The number of hydrogen-bond acceptors (Lipinski definition) is 6.